The van der Waals surface area contributed by atoms with E-state index in [-0.39, 0.29) is 18.2 Å². The molecule has 1 saturated carbocycles. The van der Waals surface area contributed by atoms with Crippen molar-refractivity contribution in [2.45, 2.75) is 36.4 Å². The Morgan fingerprint density at radius 2 is 1.92 bits per heavy atom. The highest BCUT2D eigenvalue weighted by Crippen LogP contribution is 2.34. The summed E-state index contributed by atoms with van der Waals surface area (Å²) in [5.74, 6) is 0.0347. The van der Waals surface area contributed by atoms with Gasteiger partial charge in [0.1, 0.15) is 0 Å². The molecule has 2 aliphatic rings. The van der Waals surface area contributed by atoms with Crippen LogP contribution in [0, 0.1) is 5.92 Å². The molecule has 2 fully saturated rings. The monoisotopic (exact) mass is 553 g/mol. The number of sulfonamides is 1. The molecule has 1 aliphatic heterocycles. The SMILES string of the molecule is CSc1sc(NC(=O)Nc2ccc(N3CCOCC3)cc2C(=O)C2CCCC2)nc1CNS(C)(=O)=O. The van der Waals surface area contributed by atoms with Crippen LogP contribution in [0.4, 0.5) is 21.3 Å². The maximum atomic E-state index is 13.4. The Balaban J connectivity index is 1.51. The molecular weight excluding hydrogens is 522 g/mol. The molecule has 2 amide bonds. The number of anilines is 3. The van der Waals surface area contributed by atoms with E-state index in [2.05, 4.69) is 25.2 Å². The number of thiazole rings is 1. The Labute approximate surface area is 219 Å². The molecule has 0 bridgehead atoms. The summed E-state index contributed by atoms with van der Waals surface area (Å²) in [5, 5.41) is 5.90. The van der Waals surface area contributed by atoms with Gasteiger partial charge in [0.25, 0.3) is 0 Å². The van der Waals surface area contributed by atoms with Crippen LogP contribution in [-0.4, -0.2) is 64.0 Å². The molecule has 10 nitrogen and oxygen atoms in total. The van der Waals surface area contributed by atoms with Gasteiger partial charge >= 0.3 is 6.03 Å². The highest BCUT2D eigenvalue weighted by Gasteiger charge is 2.27. The zero-order chi connectivity index (χ0) is 25.7. The Hall–Kier alpha value is -2.19. The lowest BCUT2D eigenvalue weighted by molar-refractivity contribution is 0.0923. The van der Waals surface area contributed by atoms with Crippen molar-refractivity contribution in [1.29, 1.82) is 0 Å². The van der Waals surface area contributed by atoms with Crippen LogP contribution < -0.4 is 20.3 Å². The smallest absolute Gasteiger partial charge is 0.325 e. The molecule has 1 aromatic carbocycles. The molecule has 4 rings (SSSR count). The summed E-state index contributed by atoms with van der Waals surface area (Å²) in [4.78, 5) is 32.8. The van der Waals surface area contributed by atoms with Crippen LogP contribution in [0.15, 0.2) is 22.4 Å². The van der Waals surface area contributed by atoms with E-state index in [1.807, 2.05) is 18.4 Å². The number of hydrogen-bond donors (Lipinski definition) is 3. The Morgan fingerprint density at radius 3 is 2.58 bits per heavy atom. The molecular formula is C23H31N5O5S3. The van der Waals surface area contributed by atoms with Gasteiger partial charge in [-0.25, -0.2) is 22.9 Å². The van der Waals surface area contributed by atoms with Crippen molar-refractivity contribution >= 4 is 61.4 Å². The molecule has 0 radical (unpaired) electrons. The summed E-state index contributed by atoms with van der Waals surface area (Å²) < 4.78 is 31.6. The second kappa shape index (κ2) is 11.9. The standard InChI is InChI=1S/C23H31N5O5S3/c1-34-21-19(14-24-36(2,31)32)26-23(35-21)27-22(30)25-18-8-7-16(28-9-11-33-12-10-28)13-17(18)20(29)15-5-3-4-6-15/h7-8,13,15,24H,3-6,9-12,14H2,1-2H3,(H2,25,26,27,30). The van der Waals surface area contributed by atoms with Crippen molar-refractivity contribution in [3.63, 3.8) is 0 Å². The van der Waals surface area contributed by atoms with Crippen molar-refractivity contribution in [3.8, 4) is 0 Å². The number of thioether (sulfide) groups is 1. The van der Waals surface area contributed by atoms with Crippen LogP contribution >= 0.6 is 23.1 Å². The van der Waals surface area contributed by atoms with Gasteiger partial charge in [-0.2, -0.15) is 0 Å². The molecule has 1 aromatic heterocycles. The van der Waals surface area contributed by atoms with Gasteiger partial charge < -0.3 is 15.0 Å². The summed E-state index contributed by atoms with van der Waals surface area (Å²) in [5.41, 5.74) is 2.46. The molecule has 3 N–H and O–H groups in total. The minimum absolute atomic E-state index is 0.0263. The number of hydrogen-bond acceptors (Lipinski definition) is 9. The van der Waals surface area contributed by atoms with Gasteiger partial charge in [0.2, 0.25) is 10.0 Å². The summed E-state index contributed by atoms with van der Waals surface area (Å²) in [7, 11) is -3.37. The van der Waals surface area contributed by atoms with Gasteiger partial charge in [0.15, 0.2) is 10.9 Å². The fourth-order valence-corrected chi connectivity index (χ4v) is 6.42. The predicted molar refractivity (Wildman–Crippen MR) is 144 cm³/mol. The third kappa shape index (κ3) is 6.97. The number of aromatic nitrogens is 1. The average molecular weight is 554 g/mol. The molecule has 196 valence electrons. The first-order valence-corrected chi connectivity index (χ1v) is 15.7. The van der Waals surface area contributed by atoms with Gasteiger partial charge in [-0.1, -0.05) is 24.2 Å². The molecule has 36 heavy (non-hydrogen) atoms. The van der Waals surface area contributed by atoms with Gasteiger partial charge in [-0.15, -0.1) is 11.8 Å². The van der Waals surface area contributed by atoms with Crippen LogP contribution in [-0.2, 0) is 21.3 Å². The molecule has 1 aliphatic carbocycles. The maximum absolute atomic E-state index is 13.4. The van der Waals surface area contributed by atoms with Gasteiger partial charge in [-0.3, -0.25) is 10.1 Å². The number of carbonyl (C=O) groups excluding carboxylic acids is 2. The van der Waals surface area contributed by atoms with E-state index in [1.165, 1.54) is 23.1 Å². The average Bonchev–Trinajstić information content (AvgIpc) is 3.53. The van der Waals surface area contributed by atoms with E-state index in [4.69, 9.17) is 4.74 Å². The fourth-order valence-electron chi connectivity index (χ4n) is 4.38. The normalized spacial score (nSPS) is 16.8. The van der Waals surface area contributed by atoms with E-state index < -0.39 is 16.1 Å². The number of ether oxygens (including phenoxy) is 1. The van der Waals surface area contributed by atoms with E-state index in [0.717, 1.165) is 54.9 Å². The lowest BCUT2D eigenvalue weighted by atomic mass is 9.94. The Morgan fingerprint density at radius 1 is 1.19 bits per heavy atom. The first kappa shape index (κ1) is 26.9. The second-order valence-electron chi connectivity index (χ2n) is 8.80. The first-order chi connectivity index (χ1) is 17.2. The van der Waals surface area contributed by atoms with E-state index in [1.54, 1.807) is 6.07 Å². The molecule has 2 aromatic rings. The number of nitrogens with one attached hydrogen (secondary N) is 3. The quantitative estimate of drug-likeness (QED) is 0.316. The van der Waals surface area contributed by atoms with Gasteiger partial charge in [-0.05, 0) is 37.3 Å². The predicted octanol–water partition coefficient (Wildman–Crippen LogP) is 3.77. The lowest BCUT2D eigenvalue weighted by Crippen LogP contribution is -2.36. The molecule has 0 spiro atoms. The van der Waals surface area contributed by atoms with Crippen molar-refractivity contribution in [2.24, 2.45) is 5.92 Å². The van der Waals surface area contributed by atoms with E-state index in [9.17, 15) is 18.0 Å². The third-order valence-electron chi connectivity index (χ3n) is 6.19. The highest BCUT2D eigenvalue weighted by molar-refractivity contribution is 8.00. The van der Waals surface area contributed by atoms with Crippen LogP contribution in [0.3, 0.4) is 0 Å². The number of nitrogens with zero attached hydrogens (tertiary/aromatic N) is 2. The minimum Gasteiger partial charge on any atom is -0.378 e. The number of benzene rings is 1. The third-order valence-corrected chi connectivity index (χ3v) is 9.02. The number of amides is 2. The Bertz CT molecular complexity index is 1200. The van der Waals surface area contributed by atoms with Crippen molar-refractivity contribution in [3.05, 3.63) is 29.5 Å². The molecule has 0 atom stereocenters. The summed E-state index contributed by atoms with van der Waals surface area (Å²) in [6, 6.07) is 5.06. The molecule has 0 unspecified atom stereocenters. The summed E-state index contributed by atoms with van der Waals surface area (Å²) in [6.07, 6.45) is 6.76. The topological polar surface area (TPSA) is 130 Å². The minimum atomic E-state index is -3.37. The second-order valence-corrected chi connectivity index (χ2v) is 12.7. The first-order valence-electron chi connectivity index (χ1n) is 11.8. The number of ketones is 1. The molecule has 1 saturated heterocycles. The van der Waals surface area contributed by atoms with Crippen molar-refractivity contribution in [1.82, 2.24) is 9.71 Å². The highest BCUT2D eigenvalue weighted by atomic mass is 32.2. The number of morpholine rings is 1. The van der Waals surface area contributed by atoms with Gasteiger partial charge in [0, 0.05) is 30.3 Å². The van der Waals surface area contributed by atoms with Crippen LogP contribution in [0.5, 0.6) is 0 Å². The largest absolute Gasteiger partial charge is 0.378 e. The van der Waals surface area contributed by atoms with Crippen molar-refractivity contribution in [2.75, 3.05) is 54.3 Å². The summed E-state index contributed by atoms with van der Waals surface area (Å²) >= 11 is 2.69. The molecule has 2 heterocycles. The molecule has 13 heteroatoms. The number of urea groups is 1. The summed E-state index contributed by atoms with van der Waals surface area (Å²) in [6.45, 7) is 2.83. The zero-order valence-electron chi connectivity index (χ0n) is 20.3. The fraction of sp³-hybridized carbons (Fsp3) is 0.522. The maximum Gasteiger partial charge on any atom is 0.325 e. The zero-order valence-corrected chi connectivity index (χ0v) is 22.8. The number of carbonyl (C=O) groups is 2. The van der Waals surface area contributed by atoms with Gasteiger partial charge in [0.05, 0.1) is 41.6 Å². The Kier molecular flexibility index (Phi) is 8.88. The van der Waals surface area contributed by atoms with E-state index >= 15 is 0 Å². The van der Waals surface area contributed by atoms with Crippen LogP contribution in [0.2, 0.25) is 0 Å². The lowest BCUT2D eigenvalue weighted by Gasteiger charge is -2.29. The van der Waals surface area contributed by atoms with Crippen LogP contribution in [0.25, 0.3) is 0 Å². The van der Waals surface area contributed by atoms with Crippen LogP contribution in [0.1, 0.15) is 41.7 Å². The number of Topliss-reactive ketones (excluding diaryl/α,β-unsaturated/α-hetero) is 1. The number of rotatable bonds is 9. The van der Waals surface area contributed by atoms with Crippen molar-refractivity contribution < 1.29 is 22.7 Å². The van der Waals surface area contributed by atoms with E-state index in [0.29, 0.717) is 35.3 Å².